The Morgan fingerprint density at radius 1 is 1.14 bits per heavy atom. The molecule has 146 valence electrons. The maximum atomic E-state index is 12.2. The normalized spacial score (nSPS) is 11.8. The van der Waals surface area contributed by atoms with Gasteiger partial charge in [0.25, 0.3) is 0 Å². The molecule has 0 aliphatic heterocycles. The zero-order chi connectivity index (χ0) is 19.8. The van der Waals surface area contributed by atoms with E-state index >= 15 is 0 Å². The smallest absolute Gasteiger partial charge is 0.220 e. The molecule has 6 nitrogen and oxygen atoms in total. The summed E-state index contributed by atoms with van der Waals surface area (Å²) in [5.74, 6) is 2.38. The van der Waals surface area contributed by atoms with Crippen molar-refractivity contribution in [1.29, 1.82) is 0 Å². The summed E-state index contributed by atoms with van der Waals surface area (Å²) < 4.78 is 5.15. The second-order valence-corrected chi connectivity index (χ2v) is 6.94. The fraction of sp³-hybridized carbons (Fsp3) is 0.318. The number of ether oxygens (including phenoxy) is 1. The van der Waals surface area contributed by atoms with E-state index in [1.54, 1.807) is 7.11 Å². The average molecular weight is 378 g/mol. The molecule has 0 saturated carbocycles. The fourth-order valence-electron chi connectivity index (χ4n) is 2.97. The van der Waals surface area contributed by atoms with Gasteiger partial charge in [-0.3, -0.25) is 9.89 Å². The van der Waals surface area contributed by atoms with E-state index in [9.17, 15) is 4.79 Å². The largest absolute Gasteiger partial charge is 0.497 e. The third kappa shape index (κ3) is 5.67. The Labute approximate surface area is 165 Å². The van der Waals surface area contributed by atoms with Crippen LogP contribution in [-0.2, 0) is 17.8 Å². The van der Waals surface area contributed by atoms with Gasteiger partial charge in [-0.15, -0.1) is 0 Å². The van der Waals surface area contributed by atoms with Crippen LogP contribution in [-0.4, -0.2) is 28.2 Å². The van der Waals surface area contributed by atoms with Crippen LogP contribution in [0.1, 0.15) is 31.2 Å². The van der Waals surface area contributed by atoms with Crippen molar-refractivity contribution >= 4 is 5.91 Å². The molecular weight excluding hydrogens is 352 g/mol. The van der Waals surface area contributed by atoms with Crippen molar-refractivity contribution in [2.45, 2.75) is 32.7 Å². The summed E-state index contributed by atoms with van der Waals surface area (Å²) in [7, 11) is 1.63. The predicted molar refractivity (Wildman–Crippen MR) is 109 cm³/mol. The van der Waals surface area contributed by atoms with E-state index in [1.807, 2.05) is 42.5 Å². The molecule has 2 aromatic carbocycles. The highest BCUT2D eigenvalue weighted by atomic mass is 16.5. The number of amides is 1. The Balaban J connectivity index is 1.43. The molecule has 28 heavy (non-hydrogen) atoms. The van der Waals surface area contributed by atoms with Gasteiger partial charge in [0, 0.05) is 12.0 Å². The van der Waals surface area contributed by atoms with Crippen molar-refractivity contribution in [1.82, 2.24) is 20.5 Å². The second-order valence-electron chi connectivity index (χ2n) is 6.94. The van der Waals surface area contributed by atoms with Gasteiger partial charge in [0.05, 0.1) is 13.7 Å². The minimum absolute atomic E-state index is 0.0305. The van der Waals surface area contributed by atoms with Gasteiger partial charge >= 0.3 is 0 Å². The molecule has 0 spiro atoms. The summed E-state index contributed by atoms with van der Waals surface area (Å²) in [6, 6.07) is 17.9. The fourth-order valence-corrected chi connectivity index (χ4v) is 2.97. The maximum Gasteiger partial charge on any atom is 0.220 e. The van der Waals surface area contributed by atoms with Gasteiger partial charge in [0.15, 0.2) is 5.82 Å². The van der Waals surface area contributed by atoms with Gasteiger partial charge in [-0.2, -0.15) is 5.10 Å². The van der Waals surface area contributed by atoms with E-state index in [4.69, 9.17) is 4.74 Å². The number of nitrogens with one attached hydrogen (secondary N) is 2. The van der Waals surface area contributed by atoms with Crippen LogP contribution in [0, 0.1) is 5.92 Å². The summed E-state index contributed by atoms with van der Waals surface area (Å²) in [4.78, 5) is 16.6. The van der Waals surface area contributed by atoms with Crippen LogP contribution in [0.25, 0.3) is 11.4 Å². The number of carbonyl (C=O) groups is 1. The second kappa shape index (κ2) is 9.69. The Kier molecular flexibility index (Phi) is 6.78. The molecule has 3 aromatic rings. The van der Waals surface area contributed by atoms with Crippen LogP contribution in [0.5, 0.6) is 5.75 Å². The van der Waals surface area contributed by atoms with Crippen molar-refractivity contribution < 1.29 is 9.53 Å². The number of rotatable bonds is 9. The van der Waals surface area contributed by atoms with Gasteiger partial charge in [0.2, 0.25) is 5.91 Å². The van der Waals surface area contributed by atoms with Crippen LogP contribution in [0.3, 0.4) is 0 Å². The van der Waals surface area contributed by atoms with E-state index < -0.39 is 0 Å². The molecule has 6 heteroatoms. The minimum atomic E-state index is 0.0305. The molecule has 1 heterocycles. The predicted octanol–water partition coefficient (Wildman–Crippen LogP) is 3.76. The number of methoxy groups -OCH3 is 1. The van der Waals surface area contributed by atoms with Crippen LogP contribution < -0.4 is 10.1 Å². The molecule has 0 aliphatic rings. The summed E-state index contributed by atoms with van der Waals surface area (Å²) in [5, 5.41) is 10.0. The van der Waals surface area contributed by atoms with Crippen LogP contribution in [0.2, 0.25) is 0 Å². The van der Waals surface area contributed by atoms with Crippen molar-refractivity contribution in [2.24, 2.45) is 5.92 Å². The molecule has 0 saturated heterocycles. The molecular formula is C22H26N4O2. The highest BCUT2D eigenvalue weighted by molar-refractivity contribution is 5.76. The zero-order valence-electron chi connectivity index (χ0n) is 16.3. The lowest BCUT2D eigenvalue weighted by Gasteiger charge is -2.11. The monoisotopic (exact) mass is 378 g/mol. The zero-order valence-corrected chi connectivity index (χ0v) is 16.3. The number of H-pyrrole nitrogens is 1. The van der Waals surface area contributed by atoms with Crippen LogP contribution >= 0.6 is 0 Å². The summed E-state index contributed by atoms with van der Waals surface area (Å²) in [6.07, 6.45) is 2.48. The van der Waals surface area contributed by atoms with Gasteiger partial charge in [-0.25, -0.2) is 4.98 Å². The molecule has 1 aromatic heterocycles. The number of hydrogen-bond acceptors (Lipinski definition) is 4. The Bertz CT molecular complexity index is 875. The number of aromatic nitrogens is 3. The topological polar surface area (TPSA) is 79.9 Å². The summed E-state index contributed by atoms with van der Waals surface area (Å²) >= 11 is 0. The molecule has 0 aliphatic carbocycles. The number of aromatic amines is 1. The summed E-state index contributed by atoms with van der Waals surface area (Å²) in [6.45, 7) is 2.45. The maximum absolute atomic E-state index is 12.2. The third-order valence-corrected chi connectivity index (χ3v) is 4.64. The van der Waals surface area contributed by atoms with E-state index in [2.05, 4.69) is 39.6 Å². The first-order valence-corrected chi connectivity index (χ1v) is 9.50. The lowest BCUT2D eigenvalue weighted by molar-refractivity contribution is -0.122. The van der Waals surface area contributed by atoms with Crippen molar-refractivity contribution in [2.75, 3.05) is 7.11 Å². The van der Waals surface area contributed by atoms with E-state index in [1.165, 1.54) is 5.56 Å². The SMILES string of the molecule is COc1ccc(-c2n[nH]c(CNC(=O)CC(C)CCc3ccccc3)n2)cc1. The lowest BCUT2D eigenvalue weighted by Crippen LogP contribution is -2.25. The highest BCUT2D eigenvalue weighted by Crippen LogP contribution is 2.19. The quantitative estimate of drug-likeness (QED) is 0.594. The van der Waals surface area contributed by atoms with Gasteiger partial charge in [0.1, 0.15) is 11.6 Å². The van der Waals surface area contributed by atoms with Crippen LogP contribution in [0.4, 0.5) is 0 Å². The molecule has 0 radical (unpaired) electrons. The first-order chi connectivity index (χ1) is 13.6. The Morgan fingerprint density at radius 2 is 1.89 bits per heavy atom. The molecule has 2 N–H and O–H groups in total. The number of nitrogens with zero attached hydrogens (tertiary/aromatic N) is 2. The van der Waals surface area contributed by atoms with Crippen molar-refractivity contribution in [3.8, 4) is 17.1 Å². The molecule has 1 atom stereocenters. The number of benzene rings is 2. The molecule has 0 fully saturated rings. The standard InChI is InChI=1S/C22H26N4O2/c1-16(8-9-17-6-4-3-5-7-17)14-21(27)23-15-20-24-22(26-25-20)18-10-12-19(28-2)13-11-18/h3-7,10-13,16H,8-9,14-15H2,1-2H3,(H,23,27)(H,24,25,26). The van der Waals surface area contributed by atoms with Gasteiger partial charge in [-0.1, -0.05) is 37.3 Å². The van der Waals surface area contributed by atoms with Gasteiger partial charge in [-0.05, 0) is 48.6 Å². The lowest BCUT2D eigenvalue weighted by atomic mass is 9.98. The van der Waals surface area contributed by atoms with Gasteiger partial charge < -0.3 is 10.1 Å². The molecule has 1 unspecified atom stereocenters. The number of hydrogen-bond donors (Lipinski definition) is 2. The summed E-state index contributed by atoms with van der Waals surface area (Å²) in [5.41, 5.74) is 2.20. The Morgan fingerprint density at radius 3 is 2.61 bits per heavy atom. The van der Waals surface area contributed by atoms with Crippen LogP contribution in [0.15, 0.2) is 54.6 Å². The third-order valence-electron chi connectivity index (χ3n) is 4.64. The van der Waals surface area contributed by atoms with Crippen molar-refractivity contribution in [3.05, 3.63) is 66.0 Å². The first-order valence-electron chi connectivity index (χ1n) is 9.50. The number of carbonyl (C=O) groups excluding carboxylic acids is 1. The molecule has 0 bridgehead atoms. The minimum Gasteiger partial charge on any atom is -0.497 e. The van der Waals surface area contributed by atoms with E-state index in [0.29, 0.717) is 30.5 Å². The van der Waals surface area contributed by atoms with E-state index in [-0.39, 0.29) is 5.91 Å². The van der Waals surface area contributed by atoms with E-state index in [0.717, 1.165) is 24.2 Å². The Hall–Kier alpha value is -3.15. The highest BCUT2D eigenvalue weighted by Gasteiger charge is 2.11. The number of aryl methyl sites for hydroxylation is 1. The van der Waals surface area contributed by atoms with Crippen molar-refractivity contribution in [3.63, 3.8) is 0 Å². The average Bonchev–Trinajstić information content (AvgIpc) is 3.21. The first kappa shape index (κ1) is 19.6. The molecule has 3 rings (SSSR count). The molecule has 1 amide bonds.